The minimum Gasteiger partial charge on any atom is -0.465 e. The fraction of sp³-hybridized carbons (Fsp3) is 0.273. The Kier molecular flexibility index (Phi) is 4.95. The largest absolute Gasteiger partial charge is 0.465 e. The predicted molar refractivity (Wildman–Crippen MR) is 62.3 cm³/mol. The number of nitrogens with one attached hydrogen (secondary N) is 1. The number of carbonyl (C=O) groups is 1. The molecule has 0 aliphatic carbocycles. The van der Waals surface area contributed by atoms with Gasteiger partial charge >= 0.3 is 5.97 Å². The Bertz CT molecular complexity index is 376. The Labute approximate surface area is 99.3 Å². The molecule has 0 bridgehead atoms. The van der Waals surface area contributed by atoms with Crippen LogP contribution in [0.2, 0.25) is 0 Å². The van der Waals surface area contributed by atoms with Crippen LogP contribution in [0.15, 0.2) is 29.9 Å². The Morgan fingerprint density at radius 2 is 2.38 bits per heavy atom. The molecule has 1 aromatic rings. The van der Waals surface area contributed by atoms with Gasteiger partial charge in [-0.05, 0) is 12.1 Å². The highest BCUT2D eigenvalue weighted by Gasteiger charge is 2.04. The number of aromatic nitrogens is 1. The highest BCUT2D eigenvalue weighted by molar-refractivity contribution is 6.29. The molecule has 0 fully saturated rings. The first-order valence-corrected chi connectivity index (χ1v) is 5.08. The van der Waals surface area contributed by atoms with Gasteiger partial charge in [-0.15, -0.1) is 0 Å². The third kappa shape index (κ3) is 4.00. The summed E-state index contributed by atoms with van der Waals surface area (Å²) < 4.78 is 4.57. The lowest BCUT2D eigenvalue weighted by molar-refractivity contribution is 0.0600. The standard InChI is InChI=1S/C11H13ClN2O2/c1-8(12)5-13-7-10-4-3-9(6-14-10)11(15)16-2/h3-4,6,13H,1,5,7H2,2H3. The molecule has 0 spiro atoms. The molecule has 0 atom stereocenters. The maximum Gasteiger partial charge on any atom is 0.339 e. The normalized spacial score (nSPS) is 9.88. The number of methoxy groups -OCH3 is 1. The van der Waals surface area contributed by atoms with Gasteiger partial charge in [0.2, 0.25) is 0 Å². The smallest absolute Gasteiger partial charge is 0.339 e. The minimum atomic E-state index is -0.388. The molecule has 1 aromatic heterocycles. The van der Waals surface area contributed by atoms with Crippen LogP contribution in [0.1, 0.15) is 16.1 Å². The van der Waals surface area contributed by atoms with Crippen molar-refractivity contribution in [3.63, 3.8) is 0 Å². The minimum absolute atomic E-state index is 0.388. The van der Waals surface area contributed by atoms with E-state index in [1.165, 1.54) is 13.3 Å². The van der Waals surface area contributed by atoms with E-state index in [0.29, 0.717) is 23.7 Å². The number of halogens is 1. The first-order valence-electron chi connectivity index (χ1n) is 4.70. The van der Waals surface area contributed by atoms with E-state index in [2.05, 4.69) is 21.6 Å². The van der Waals surface area contributed by atoms with E-state index in [4.69, 9.17) is 11.6 Å². The quantitative estimate of drug-likeness (QED) is 0.797. The Balaban J connectivity index is 2.51. The molecule has 16 heavy (non-hydrogen) atoms. The second-order valence-electron chi connectivity index (χ2n) is 3.15. The number of ether oxygens (including phenoxy) is 1. The fourth-order valence-electron chi connectivity index (χ4n) is 1.09. The zero-order valence-corrected chi connectivity index (χ0v) is 9.75. The summed E-state index contributed by atoms with van der Waals surface area (Å²) in [6.07, 6.45) is 1.48. The summed E-state index contributed by atoms with van der Waals surface area (Å²) in [5.74, 6) is -0.388. The zero-order valence-electron chi connectivity index (χ0n) is 9.00. The van der Waals surface area contributed by atoms with E-state index in [1.807, 2.05) is 0 Å². The van der Waals surface area contributed by atoms with E-state index < -0.39 is 0 Å². The van der Waals surface area contributed by atoms with Crippen LogP contribution in [0.25, 0.3) is 0 Å². The number of rotatable bonds is 5. The van der Waals surface area contributed by atoms with Gasteiger partial charge in [-0.1, -0.05) is 18.2 Å². The zero-order chi connectivity index (χ0) is 12.0. The number of hydrogen-bond acceptors (Lipinski definition) is 4. The highest BCUT2D eigenvalue weighted by atomic mass is 35.5. The number of esters is 1. The predicted octanol–water partition coefficient (Wildman–Crippen LogP) is 1.71. The molecular weight excluding hydrogens is 228 g/mol. The van der Waals surface area contributed by atoms with Crippen molar-refractivity contribution in [1.29, 1.82) is 0 Å². The molecule has 5 heteroatoms. The van der Waals surface area contributed by atoms with Gasteiger partial charge in [0.15, 0.2) is 0 Å². The van der Waals surface area contributed by atoms with Crippen LogP contribution in [-0.2, 0) is 11.3 Å². The molecule has 0 unspecified atom stereocenters. The summed E-state index contributed by atoms with van der Waals surface area (Å²) in [6, 6.07) is 3.43. The molecule has 4 nitrogen and oxygen atoms in total. The van der Waals surface area contributed by atoms with Gasteiger partial charge in [0.25, 0.3) is 0 Å². The summed E-state index contributed by atoms with van der Waals surface area (Å²) in [5, 5.41) is 3.60. The first-order chi connectivity index (χ1) is 7.63. The van der Waals surface area contributed by atoms with Crippen LogP contribution in [0.5, 0.6) is 0 Å². The van der Waals surface area contributed by atoms with E-state index in [9.17, 15) is 4.79 Å². The Morgan fingerprint density at radius 1 is 1.62 bits per heavy atom. The van der Waals surface area contributed by atoms with Gasteiger partial charge in [-0.2, -0.15) is 0 Å². The molecule has 1 N–H and O–H groups in total. The van der Waals surface area contributed by atoms with Crippen molar-refractivity contribution in [2.24, 2.45) is 0 Å². The van der Waals surface area contributed by atoms with Crippen molar-refractivity contribution in [1.82, 2.24) is 10.3 Å². The van der Waals surface area contributed by atoms with Crippen molar-refractivity contribution in [2.45, 2.75) is 6.54 Å². The third-order valence-corrected chi connectivity index (χ3v) is 2.00. The molecule has 86 valence electrons. The lowest BCUT2D eigenvalue weighted by atomic mass is 10.2. The summed E-state index contributed by atoms with van der Waals surface area (Å²) in [4.78, 5) is 15.2. The summed E-state index contributed by atoms with van der Waals surface area (Å²) in [5.41, 5.74) is 1.26. The van der Waals surface area contributed by atoms with Crippen LogP contribution in [-0.4, -0.2) is 24.6 Å². The van der Waals surface area contributed by atoms with Crippen LogP contribution in [0.3, 0.4) is 0 Å². The molecule has 0 amide bonds. The third-order valence-electron chi connectivity index (χ3n) is 1.87. The van der Waals surface area contributed by atoms with E-state index >= 15 is 0 Å². The van der Waals surface area contributed by atoms with Crippen LogP contribution in [0.4, 0.5) is 0 Å². The molecule has 0 aliphatic rings. The van der Waals surface area contributed by atoms with Crippen molar-refractivity contribution < 1.29 is 9.53 Å². The average Bonchev–Trinajstić information content (AvgIpc) is 2.28. The summed E-state index contributed by atoms with van der Waals surface area (Å²) in [6.45, 7) is 4.66. The molecule has 0 radical (unpaired) electrons. The second-order valence-corrected chi connectivity index (χ2v) is 3.69. The van der Waals surface area contributed by atoms with E-state index in [-0.39, 0.29) is 5.97 Å². The SMILES string of the molecule is C=C(Cl)CNCc1ccc(C(=O)OC)cn1. The Hall–Kier alpha value is -1.39. The number of nitrogens with zero attached hydrogens (tertiary/aromatic N) is 1. The van der Waals surface area contributed by atoms with E-state index in [0.717, 1.165) is 5.69 Å². The van der Waals surface area contributed by atoms with Gasteiger partial charge in [0, 0.05) is 24.3 Å². The lowest BCUT2D eigenvalue weighted by Gasteiger charge is -2.03. The maximum absolute atomic E-state index is 11.1. The molecule has 1 heterocycles. The second kappa shape index (κ2) is 6.25. The van der Waals surface area contributed by atoms with Crippen LogP contribution < -0.4 is 5.32 Å². The first kappa shape index (κ1) is 12.7. The van der Waals surface area contributed by atoms with Crippen LogP contribution in [0, 0.1) is 0 Å². The summed E-state index contributed by atoms with van der Waals surface area (Å²) in [7, 11) is 1.34. The van der Waals surface area contributed by atoms with Gasteiger partial charge in [0.1, 0.15) is 0 Å². The molecule has 0 aromatic carbocycles. The fourth-order valence-corrected chi connectivity index (χ4v) is 1.19. The van der Waals surface area contributed by atoms with Crippen molar-refractivity contribution in [3.05, 3.63) is 41.2 Å². The molecule has 0 saturated heterocycles. The van der Waals surface area contributed by atoms with Crippen molar-refractivity contribution in [3.8, 4) is 0 Å². The van der Waals surface area contributed by atoms with E-state index in [1.54, 1.807) is 12.1 Å². The molecule has 0 saturated carbocycles. The Morgan fingerprint density at radius 3 is 2.88 bits per heavy atom. The molecule has 1 rings (SSSR count). The monoisotopic (exact) mass is 240 g/mol. The summed E-state index contributed by atoms with van der Waals surface area (Å²) >= 11 is 5.59. The van der Waals surface area contributed by atoms with Gasteiger partial charge in [-0.3, -0.25) is 4.98 Å². The number of pyridine rings is 1. The average molecular weight is 241 g/mol. The van der Waals surface area contributed by atoms with Gasteiger partial charge in [0.05, 0.1) is 18.4 Å². The number of carbonyl (C=O) groups excluding carboxylic acids is 1. The molecule has 0 aliphatic heterocycles. The molecular formula is C11H13ClN2O2. The highest BCUT2D eigenvalue weighted by Crippen LogP contribution is 2.02. The number of hydrogen-bond donors (Lipinski definition) is 1. The van der Waals surface area contributed by atoms with Gasteiger partial charge < -0.3 is 10.1 Å². The van der Waals surface area contributed by atoms with Crippen molar-refractivity contribution >= 4 is 17.6 Å². The van der Waals surface area contributed by atoms with Crippen LogP contribution >= 0.6 is 11.6 Å². The topological polar surface area (TPSA) is 51.2 Å². The lowest BCUT2D eigenvalue weighted by Crippen LogP contribution is -2.15. The van der Waals surface area contributed by atoms with Gasteiger partial charge in [-0.25, -0.2) is 4.79 Å². The maximum atomic E-state index is 11.1. The van der Waals surface area contributed by atoms with Crippen molar-refractivity contribution in [2.75, 3.05) is 13.7 Å².